The van der Waals surface area contributed by atoms with Crippen LogP contribution in [0.15, 0.2) is 24.4 Å². The summed E-state index contributed by atoms with van der Waals surface area (Å²) in [6.45, 7) is 0. The summed E-state index contributed by atoms with van der Waals surface area (Å²) >= 11 is 5.99. The fourth-order valence-corrected chi connectivity index (χ4v) is 1.76. The molecule has 1 heterocycles. The maximum Gasteiger partial charge on any atom is 0.101 e. The predicted molar refractivity (Wildman–Crippen MR) is 52.6 cm³/mol. The van der Waals surface area contributed by atoms with E-state index in [-0.39, 0.29) is 0 Å². The highest BCUT2D eigenvalue weighted by molar-refractivity contribution is 6.35. The molecule has 0 aliphatic rings. The van der Waals surface area contributed by atoms with Gasteiger partial charge < -0.3 is 4.57 Å². The molecule has 2 nitrogen and oxygen atoms in total. The monoisotopic (exact) mass is 190 g/mol. The Kier molecular flexibility index (Phi) is 1.75. The first-order valence-electron chi connectivity index (χ1n) is 3.87. The SMILES string of the molecule is Cn1cc(C#N)c2c(Cl)cccc21. The van der Waals surface area contributed by atoms with E-state index in [2.05, 4.69) is 6.07 Å². The minimum absolute atomic E-state index is 0.628. The van der Waals surface area contributed by atoms with Crippen molar-refractivity contribution in [2.24, 2.45) is 7.05 Å². The zero-order valence-corrected chi connectivity index (χ0v) is 7.84. The van der Waals surface area contributed by atoms with Crippen molar-refractivity contribution in [3.05, 3.63) is 35.0 Å². The summed E-state index contributed by atoms with van der Waals surface area (Å²) in [5.74, 6) is 0. The molecule has 13 heavy (non-hydrogen) atoms. The van der Waals surface area contributed by atoms with E-state index in [4.69, 9.17) is 16.9 Å². The molecule has 0 unspecified atom stereocenters. The molecule has 64 valence electrons. The van der Waals surface area contributed by atoms with Crippen LogP contribution < -0.4 is 0 Å². The molecular formula is C10H7ClN2. The van der Waals surface area contributed by atoms with Gasteiger partial charge in [-0.1, -0.05) is 17.7 Å². The van der Waals surface area contributed by atoms with Crippen LogP contribution in [0.25, 0.3) is 10.9 Å². The summed E-state index contributed by atoms with van der Waals surface area (Å²) in [4.78, 5) is 0. The second-order valence-corrected chi connectivity index (χ2v) is 3.31. The lowest BCUT2D eigenvalue weighted by Crippen LogP contribution is -1.82. The van der Waals surface area contributed by atoms with Crippen LogP contribution in [0.3, 0.4) is 0 Å². The number of hydrogen-bond acceptors (Lipinski definition) is 1. The Bertz CT molecular complexity index is 505. The Balaban J connectivity index is 2.99. The highest BCUT2D eigenvalue weighted by Gasteiger charge is 2.08. The van der Waals surface area contributed by atoms with Gasteiger partial charge in [0, 0.05) is 18.6 Å². The molecular weight excluding hydrogens is 184 g/mol. The molecule has 0 atom stereocenters. The molecule has 2 aromatic rings. The first-order valence-corrected chi connectivity index (χ1v) is 4.25. The summed E-state index contributed by atoms with van der Waals surface area (Å²) in [5.41, 5.74) is 1.62. The molecule has 2 rings (SSSR count). The van der Waals surface area contributed by atoms with Gasteiger partial charge in [-0.05, 0) is 12.1 Å². The van der Waals surface area contributed by atoms with E-state index in [1.54, 1.807) is 12.3 Å². The number of aromatic nitrogens is 1. The lowest BCUT2D eigenvalue weighted by Gasteiger charge is -1.95. The molecule has 0 aliphatic heterocycles. The summed E-state index contributed by atoms with van der Waals surface area (Å²) in [6, 6.07) is 7.75. The van der Waals surface area contributed by atoms with Gasteiger partial charge in [0.05, 0.1) is 16.1 Å². The normalized spacial score (nSPS) is 10.2. The molecule has 1 aromatic heterocycles. The zero-order chi connectivity index (χ0) is 9.42. The molecule has 0 spiro atoms. The Morgan fingerprint density at radius 2 is 2.23 bits per heavy atom. The van der Waals surface area contributed by atoms with Crippen LogP contribution in [0.1, 0.15) is 5.56 Å². The van der Waals surface area contributed by atoms with Gasteiger partial charge >= 0.3 is 0 Å². The van der Waals surface area contributed by atoms with E-state index in [0.717, 1.165) is 10.9 Å². The summed E-state index contributed by atoms with van der Waals surface area (Å²) in [7, 11) is 1.90. The number of halogens is 1. The third-order valence-electron chi connectivity index (χ3n) is 2.08. The van der Waals surface area contributed by atoms with Gasteiger partial charge in [-0.3, -0.25) is 0 Å². The van der Waals surface area contributed by atoms with E-state index >= 15 is 0 Å². The van der Waals surface area contributed by atoms with Crippen molar-refractivity contribution >= 4 is 22.5 Å². The highest BCUT2D eigenvalue weighted by atomic mass is 35.5. The highest BCUT2D eigenvalue weighted by Crippen LogP contribution is 2.27. The summed E-state index contributed by atoms with van der Waals surface area (Å²) in [6.07, 6.45) is 1.79. The third-order valence-corrected chi connectivity index (χ3v) is 2.40. The average molecular weight is 191 g/mol. The molecule has 0 fully saturated rings. The van der Waals surface area contributed by atoms with Crippen molar-refractivity contribution < 1.29 is 0 Å². The Labute approximate surface area is 81.0 Å². The van der Waals surface area contributed by atoms with Crippen molar-refractivity contribution in [1.82, 2.24) is 4.57 Å². The number of benzene rings is 1. The molecule has 0 radical (unpaired) electrons. The van der Waals surface area contributed by atoms with Gasteiger partial charge in [-0.2, -0.15) is 5.26 Å². The molecule has 0 saturated heterocycles. The molecule has 0 bridgehead atoms. The average Bonchev–Trinajstić information content (AvgIpc) is 2.45. The van der Waals surface area contributed by atoms with Gasteiger partial charge in [0.2, 0.25) is 0 Å². The van der Waals surface area contributed by atoms with E-state index in [0.29, 0.717) is 10.6 Å². The van der Waals surface area contributed by atoms with Crippen molar-refractivity contribution in [2.45, 2.75) is 0 Å². The Morgan fingerprint density at radius 3 is 2.92 bits per heavy atom. The van der Waals surface area contributed by atoms with Crippen LogP contribution >= 0.6 is 11.6 Å². The van der Waals surface area contributed by atoms with Crippen LogP contribution in [-0.4, -0.2) is 4.57 Å². The van der Waals surface area contributed by atoms with Gasteiger partial charge in [0.25, 0.3) is 0 Å². The third kappa shape index (κ3) is 1.09. The number of aryl methyl sites for hydroxylation is 1. The second kappa shape index (κ2) is 2.79. The number of nitrogens with zero attached hydrogens (tertiary/aromatic N) is 2. The van der Waals surface area contributed by atoms with Gasteiger partial charge in [0.1, 0.15) is 6.07 Å². The van der Waals surface area contributed by atoms with Crippen molar-refractivity contribution in [1.29, 1.82) is 5.26 Å². The lowest BCUT2D eigenvalue weighted by atomic mass is 10.2. The van der Waals surface area contributed by atoms with Crippen molar-refractivity contribution in [2.75, 3.05) is 0 Å². The van der Waals surface area contributed by atoms with Gasteiger partial charge in [0.15, 0.2) is 0 Å². The van der Waals surface area contributed by atoms with E-state index < -0.39 is 0 Å². The fourth-order valence-electron chi connectivity index (χ4n) is 1.49. The van der Waals surface area contributed by atoms with Crippen LogP contribution in [0.2, 0.25) is 5.02 Å². The van der Waals surface area contributed by atoms with Crippen molar-refractivity contribution in [3.8, 4) is 6.07 Å². The predicted octanol–water partition coefficient (Wildman–Crippen LogP) is 2.70. The Morgan fingerprint density at radius 1 is 1.46 bits per heavy atom. The molecule has 3 heteroatoms. The first-order chi connectivity index (χ1) is 6.24. The van der Waals surface area contributed by atoms with Gasteiger partial charge in [-0.25, -0.2) is 0 Å². The van der Waals surface area contributed by atoms with E-state index in [9.17, 15) is 0 Å². The van der Waals surface area contributed by atoms with Crippen LogP contribution in [0.4, 0.5) is 0 Å². The van der Waals surface area contributed by atoms with Crippen LogP contribution in [0.5, 0.6) is 0 Å². The molecule has 0 aliphatic carbocycles. The summed E-state index contributed by atoms with van der Waals surface area (Å²) < 4.78 is 1.90. The van der Waals surface area contributed by atoms with Crippen LogP contribution in [0, 0.1) is 11.3 Å². The van der Waals surface area contributed by atoms with Crippen LogP contribution in [-0.2, 0) is 7.05 Å². The topological polar surface area (TPSA) is 28.7 Å². The standard InChI is InChI=1S/C10H7ClN2/c1-13-6-7(5-12)10-8(11)3-2-4-9(10)13/h2-4,6H,1H3. The fraction of sp³-hybridized carbons (Fsp3) is 0.100. The zero-order valence-electron chi connectivity index (χ0n) is 7.08. The Hall–Kier alpha value is -1.46. The molecule has 0 N–H and O–H groups in total. The first kappa shape index (κ1) is 8.15. The quantitative estimate of drug-likeness (QED) is 0.628. The largest absolute Gasteiger partial charge is 0.349 e. The van der Waals surface area contributed by atoms with E-state index in [1.807, 2.05) is 23.7 Å². The smallest absolute Gasteiger partial charge is 0.101 e. The molecule has 1 aromatic carbocycles. The number of rotatable bonds is 0. The number of fused-ring (bicyclic) bond motifs is 1. The number of nitriles is 1. The maximum absolute atomic E-state index is 8.85. The lowest BCUT2D eigenvalue weighted by molar-refractivity contribution is 0.967. The minimum atomic E-state index is 0.628. The summed E-state index contributed by atoms with van der Waals surface area (Å²) in [5, 5.41) is 10.3. The minimum Gasteiger partial charge on any atom is -0.349 e. The molecule has 0 saturated carbocycles. The number of hydrogen-bond donors (Lipinski definition) is 0. The van der Waals surface area contributed by atoms with Crippen molar-refractivity contribution in [3.63, 3.8) is 0 Å². The maximum atomic E-state index is 8.85. The molecule has 0 amide bonds. The second-order valence-electron chi connectivity index (χ2n) is 2.90. The van der Waals surface area contributed by atoms with E-state index in [1.165, 1.54) is 0 Å². The van der Waals surface area contributed by atoms with Gasteiger partial charge in [-0.15, -0.1) is 0 Å².